The first-order valence-corrected chi connectivity index (χ1v) is 8.58. The van der Waals surface area contributed by atoms with E-state index in [0.717, 1.165) is 6.42 Å². The number of halogens is 1. The summed E-state index contributed by atoms with van der Waals surface area (Å²) in [5.41, 5.74) is 8.56. The van der Waals surface area contributed by atoms with E-state index in [2.05, 4.69) is 72.3 Å². The van der Waals surface area contributed by atoms with Crippen molar-refractivity contribution < 1.29 is 0 Å². The Morgan fingerprint density at radius 2 is 2.00 bits per heavy atom. The summed E-state index contributed by atoms with van der Waals surface area (Å²) in [6, 6.07) is 11.2. The van der Waals surface area contributed by atoms with Gasteiger partial charge in [-0.3, -0.25) is 0 Å². The van der Waals surface area contributed by atoms with E-state index in [1.807, 2.05) is 0 Å². The summed E-state index contributed by atoms with van der Waals surface area (Å²) in [7, 11) is 0. The Kier molecular flexibility index (Phi) is 4.30. The van der Waals surface area contributed by atoms with E-state index in [4.69, 9.17) is 0 Å². The first-order valence-electron chi connectivity index (χ1n) is 7.79. The van der Waals surface area contributed by atoms with Crippen molar-refractivity contribution >= 4 is 22.0 Å². The third-order valence-corrected chi connectivity index (χ3v) is 5.20. The number of aryl methyl sites for hydroxylation is 1. The van der Waals surface area contributed by atoms with Crippen LogP contribution in [0.2, 0.25) is 0 Å². The van der Waals surface area contributed by atoms with E-state index in [-0.39, 0.29) is 0 Å². The number of allylic oxidation sites excluding steroid dienone is 1. The molecule has 0 radical (unpaired) electrons. The largest absolute Gasteiger partial charge is 0.0795 e. The quantitative estimate of drug-likeness (QED) is 0.609. The lowest BCUT2D eigenvalue weighted by Gasteiger charge is -2.18. The highest BCUT2D eigenvalue weighted by Crippen LogP contribution is 2.39. The van der Waals surface area contributed by atoms with Crippen molar-refractivity contribution in [2.24, 2.45) is 0 Å². The summed E-state index contributed by atoms with van der Waals surface area (Å²) in [4.78, 5) is 0. The number of unbranched alkanes of at least 4 members (excludes halogenated alkanes) is 1. The van der Waals surface area contributed by atoms with Gasteiger partial charge in [-0.15, -0.1) is 0 Å². The normalized spacial score (nSPS) is 12.7. The molecular weight excluding hydrogens is 320 g/mol. The zero-order chi connectivity index (χ0) is 14.8. The van der Waals surface area contributed by atoms with Gasteiger partial charge in [0.15, 0.2) is 0 Å². The average Bonchev–Trinajstić information content (AvgIpc) is 2.94. The minimum Gasteiger partial charge on any atom is -0.0795 e. The second-order valence-electron chi connectivity index (χ2n) is 5.79. The van der Waals surface area contributed by atoms with Gasteiger partial charge in [-0.2, -0.15) is 0 Å². The van der Waals surface area contributed by atoms with Crippen molar-refractivity contribution in [1.29, 1.82) is 0 Å². The molecule has 2 aromatic carbocycles. The predicted octanol–water partition coefficient (Wildman–Crippen LogP) is 6.34. The van der Waals surface area contributed by atoms with Crippen molar-refractivity contribution in [3.8, 4) is 11.1 Å². The molecule has 0 amide bonds. The van der Waals surface area contributed by atoms with Crippen LogP contribution in [0.3, 0.4) is 0 Å². The number of rotatable bonds is 4. The molecule has 0 atom stereocenters. The molecule has 1 aliphatic rings. The second-order valence-corrected chi connectivity index (χ2v) is 6.65. The van der Waals surface area contributed by atoms with Crippen molar-refractivity contribution in [2.45, 2.75) is 39.5 Å². The molecule has 1 aliphatic carbocycles. The van der Waals surface area contributed by atoms with Crippen LogP contribution in [-0.2, 0) is 12.8 Å². The number of hydrogen-bond acceptors (Lipinski definition) is 0. The molecule has 0 heterocycles. The molecule has 0 N–H and O–H groups in total. The predicted molar refractivity (Wildman–Crippen MR) is 95.7 cm³/mol. The standard InChI is InChI=1S/C20H21Br/c1-3-4-8-15-9-5-6-11-17(15)20-14(2)19(21)13-16-10-7-12-18(16)20/h5-7,9-11,13H,3-4,8,12H2,1-2H3. The van der Waals surface area contributed by atoms with Gasteiger partial charge in [0, 0.05) is 4.47 Å². The molecule has 0 bridgehead atoms. The van der Waals surface area contributed by atoms with Gasteiger partial charge in [0.25, 0.3) is 0 Å². The van der Waals surface area contributed by atoms with E-state index < -0.39 is 0 Å². The Morgan fingerprint density at radius 1 is 1.19 bits per heavy atom. The molecule has 0 unspecified atom stereocenters. The topological polar surface area (TPSA) is 0 Å². The highest BCUT2D eigenvalue weighted by atomic mass is 79.9. The fraction of sp³-hybridized carbons (Fsp3) is 0.300. The summed E-state index contributed by atoms with van der Waals surface area (Å²) >= 11 is 3.74. The van der Waals surface area contributed by atoms with E-state index in [1.165, 1.54) is 57.1 Å². The van der Waals surface area contributed by atoms with Crippen LogP contribution < -0.4 is 0 Å². The SMILES string of the molecule is CCCCc1ccccc1-c1c(C)c(Br)cc2c1CC=C2. The van der Waals surface area contributed by atoms with Crippen molar-refractivity contribution in [1.82, 2.24) is 0 Å². The molecule has 0 saturated heterocycles. The lowest BCUT2D eigenvalue weighted by Crippen LogP contribution is -1.98. The molecule has 0 saturated carbocycles. The maximum Gasteiger partial charge on any atom is 0.0216 e. The van der Waals surface area contributed by atoms with Crippen LogP contribution in [0.4, 0.5) is 0 Å². The van der Waals surface area contributed by atoms with Gasteiger partial charge in [-0.25, -0.2) is 0 Å². The minimum absolute atomic E-state index is 1.06. The Bertz CT molecular complexity index is 695. The van der Waals surface area contributed by atoms with Gasteiger partial charge < -0.3 is 0 Å². The van der Waals surface area contributed by atoms with Crippen LogP contribution in [0.1, 0.15) is 42.0 Å². The molecule has 0 aromatic heterocycles. The zero-order valence-corrected chi connectivity index (χ0v) is 14.3. The van der Waals surface area contributed by atoms with E-state index in [1.54, 1.807) is 0 Å². The summed E-state index contributed by atoms with van der Waals surface area (Å²) in [6.07, 6.45) is 9.24. The van der Waals surface area contributed by atoms with Crippen LogP contribution in [0.15, 0.2) is 40.9 Å². The molecule has 1 heteroatoms. The summed E-state index contributed by atoms with van der Waals surface area (Å²) < 4.78 is 1.22. The van der Waals surface area contributed by atoms with E-state index in [0.29, 0.717) is 0 Å². The van der Waals surface area contributed by atoms with Gasteiger partial charge in [-0.05, 0) is 65.6 Å². The zero-order valence-electron chi connectivity index (χ0n) is 12.7. The molecular formula is C20H21Br. The van der Waals surface area contributed by atoms with Crippen molar-refractivity contribution in [2.75, 3.05) is 0 Å². The molecule has 2 aromatic rings. The molecule has 0 spiro atoms. The maximum absolute atomic E-state index is 3.74. The number of hydrogen-bond donors (Lipinski definition) is 0. The van der Waals surface area contributed by atoms with Gasteiger partial charge in [0.2, 0.25) is 0 Å². The summed E-state index contributed by atoms with van der Waals surface area (Å²) in [6.45, 7) is 4.49. The Balaban J connectivity index is 2.18. The maximum atomic E-state index is 3.74. The smallest absolute Gasteiger partial charge is 0.0216 e. The minimum atomic E-state index is 1.06. The summed E-state index contributed by atoms with van der Waals surface area (Å²) in [5.74, 6) is 0. The van der Waals surface area contributed by atoms with Crippen molar-refractivity contribution in [3.63, 3.8) is 0 Å². The van der Waals surface area contributed by atoms with Crippen LogP contribution in [0, 0.1) is 6.92 Å². The molecule has 0 aliphatic heterocycles. The fourth-order valence-corrected chi connectivity index (χ4v) is 3.65. The summed E-state index contributed by atoms with van der Waals surface area (Å²) in [5, 5.41) is 0. The average molecular weight is 341 g/mol. The first kappa shape index (κ1) is 14.6. The van der Waals surface area contributed by atoms with Gasteiger partial charge >= 0.3 is 0 Å². The molecule has 3 rings (SSSR count). The number of fused-ring (bicyclic) bond motifs is 1. The molecule has 108 valence electrons. The first-order chi connectivity index (χ1) is 10.2. The van der Waals surface area contributed by atoms with Crippen LogP contribution >= 0.6 is 15.9 Å². The van der Waals surface area contributed by atoms with E-state index >= 15 is 0 Å². The Hall–Kier alpha value is -1.34. The van der Waals surface area contributed by atoms with Gasteiger partial charge in [0.1, 0.15) is 0 Å². The van der Waals surface area contributed by atoms with E-state index in [9.17, 15) is 0 Å². The highest BCUT2D eigenvalue weighted by molar-refractivity contribution is 9.10. The van der Waals surface area contributed by atoms with Gasteiger partial charge in [-0.1, -0.05) is 65.7 Å². The third-order valence-electron chi connectivity index (χ3n) is 4.37. The Labute approximate surface area is 136 Å². The van der Waals surface area contributed by atoms with Crippen molar-refractivity contribution in [3.05, 3.63) is 63.1 Å². The Morgan fingerprint density at radius 3 is 2.81 bits per heavy atom. The lowest BCUT2D eigenvalue weighted by atomic mass is 9.88. The van der Waals surface area contributed by atoms with Crippen LogP contribution in [-0.4, -0.2) is 0 Å². The van der Waals surface area contributed by atoms with Crippen LogP contribution in [0.5, 0.6) is 0 Å². The molecule has 0 nitrogen and oxygen atoms in total. The molecule has 0 fully saturated rings. The van der Waals surface area contributed by atoms with Gasteiger partial charge in [0.05, 0.1) is 0 Å². The molecule has 21 heavy (non-hydrogen) atoms. The fourth-order valence-electron chi connectivity index (χ4n) is 3.21. The monoisotopic (exact) mass is 340 g/mol. The highest BCUT2D eigenvalue weighted by Gasteiger charge is 2.18. The second kappa shape index (κ2) is 6.19. The third kappa shape index (κ3) is 2.72. The number of benzene rings is 2. The lowest BCUT2D eigenvalue weighted by molar-refractivity contribution is 0.796. The van der Waals surface area contributed by atoms with Crippen LogP contribution in [0.25, 0.3) is 17.2 Å².